The van der Waals surface area contributed by atoms with E-state index in [1.165, 1.54) is 31.4 Å². The average molecular weight is 625 g/mol. The van der Waals surface area contributed by atoms with E-state index in [2.05, 4.69) is 4.98 Å². The third-order valence-corrected chi connectivity index (χ3v) is 7.90. The second-order valence-corrected chi connectivity index (χ2v) is 10.8. The second-order valence-electron chi connectivity index (χ2n) is 10.4. The summed E-state index contributed by atoms with van der Waals surface area (Å²) in [5.74, 6) is -0.0339. The van der Waals surface area contributed by atoms with Crippen LogP contribution in [0.25, 0.3) is 22.3 Å². The van der Waals surface area contributed by atoms with Crippen LogP contribution in [-0.4, -0.2) is 42.2 Å². The lowest BCUT2D eigenvalue weighted by molar-refractivity contribution is -0.137. The lowest BCUT2D eigenvalue weighted by Gasteiger charge is -2.24. The number of alkyl halides is 3. The van der Waals surface area contributed by atoms with Crippen LogP contribution in [0.15, 0.2) is 72.9 Å². The molecule has 11 heteroatoms. The molecule has 3 aromatic carbocycles. The number of methoxy groups -OCH3 is 2. The fourth-order valence-electron chi connectivity index (χ4n) is 5.42. The third kappa shape index (κ3) is 6.07. The van der Waals surface area contributed by atoms with Crippen molar-refractivity contribution in [2.75, 3.05) is 14.2 Å². The summed E-state index contributed by atoms with van der Waals surface area (Å²) in [5.41, 5.74) is 3.77. The van der Waals surface area contributed by atoms with Crippen molar-refractivity contribution in [1.29, 1.82) is 0 Å². The molecule has 2 atom stereocenters. The minimum absolute atomic E-state index is 0.158. The van der Waals surface area contributed by atoms with Gasteiger partial charge in [0.05, 0.1) is 37.9 Å². The molecule has 1 aliphatic heterocycles. The number of hydrogen-bond acceptors (Lipinski definition) is 6. The maximum absolute atomic E-state index is 13.9. The molecule has 0 aliphatic carbocycles. The van der Waals surface area contributed by atoms with Crippen molar-refractivity contribution in [2.24, 2.45) is 0 Å². The fraction of sp³-hybridized carbons (Fsp3) is 0.242. The Morgan fingerprint density at radius 1 is 1.00 bits per heavy atom. The number of rotatable bonds is 7. The first-order valence-corrected chi connectivity index (χ1v) is 14.0. The fourth-order valence-corrected chi connectivity index (χ4v) is 5.60. The quantitative estimate of drug-likeness (QED) is 0.152. The lowest BCUT2D eigenvalue weighted by Crippen LogP contribution is -2.31. The van der Waals surface area contributed by atoms with Gasteiger partial charge in [-0.2, -0.15) is 13.2 Å². The van der Waals surface area contributed by atoms with Gasteiger partial charge >= 0.3 is 18.2 Å². The van der Waals surface area contributed by atoms with Gasteiger partial charge in [0.2, 0.25) is 0 Å². The average Bonchev–Trinajstić information content (AvgIpc) is 3.28. The molecule has 7 nitrogen and oxygen atoms in total. The SMILES string of the molecule is COC(=O)c1ccc(-c2ccc(OC)c(-c3ccc(C(F)(F)F)cc3CN3C(=O)OC(c4ccnc(Cl)c4)C3C)c2)c(C)c1. The molecule has 0 N–H and O–H groups in total. The smallest absolute Gasteiger partial charge is 0.416 e. The molecule has 0 bridgehead atoms. The molecular weight excluding hydrogens is 597 g/mol. The molecule has 228 valence electrons. The highest BCUT2D eigenvalue weighted by atomic mass is 35.5. The van der Waals surface area contributed by atoms with Gasteiger partial charge in [-0.05, 0) is 95.8 Å². The van der Waals surface area contributed by atoms with Crippen molar-refractivity contribution < 1.29 is 37.0 Å². The van der Waals surface area contributed by atoms with E-state index in [9.17, 15) is 22.8 Å². The minimum atomic E-state index is -4.61. The zero-order valence-electron chi connectivity index (χ0n) is 24.2. The number of aryl methyl sites for hydroxylation is 1. The number of aromatic nitrogens is 1. The van der Waals surface area contributed by atoms with E-state index >= 15 is 0 Å². The normalized spacial score (nSPS) is 16.5. The predicted molar refractivity (Wildman–Crippen MR) is 158 cm³/mol. The van der Waals surface area contributed by atoms with Crippen LogP contribution in [0.3, 0.4) is 0 Å². The van der Waals surface area contributed by atoms with Crippen LogP contribution in [0.4, 0.5) is 18.0 Å². The highest BCUT2D eigenvalue weighted by Crippen LogP contribution is 2.41. The highest BCUT2D eigenvalue weighted by molar-refractivity contribution is 6.29. The summed E-state index contributed by atoms with van der Waals surface area (Å²) in [5, 5.41) is 0.228. The molecule has 1 aliphatic rings. The molecule has 0 spiro atoms. The van der Waals surface area contributed by atoms with Crippen molar-refractivity contribution in [1.82, 2.24) is 9.88 Å². The molecule has 5 rings (SSSR count). The number of carbonyl (C=O) groups is 2. The summed E-state index contributed by atoms with van der Waals surface area (Å²) in [6, 6.07) is 16.7. The molecule has 44 heavy (non-hydrogen) atoms. The van der Waals surface area contributed by atoms with Gasteiger partial charge in [0.15, 0.2) is 0 Å². The zero-order valence-corrected chi connectivity index (χ0v) is 25.0. The van der Waals surface area contributed by atoms with Crippen molar-refractivity contribution in [3.8, 4) is 28.0 Å². The van der Waals surface area contributed by atoms with Gasteiger partial charge in [-0.15, -0.1) is 0 Å². The summed E-state index contributed by atoms with van der Waals surface area (Å²) < 4.78 is 57.8. The Balaban J connectivity index is 1.58. The van der Waals surface area contributed by atoms with E-state index in [-0.39, 0.29) is 17.3 Å². The zero-order chi connectivity index (χ0) is 31.8. The first-order valence-electron chi connectivity index (χ1n) is 13.6. The first kappa shape index (κ1) is 30.9. The lowest BCUT2D eigenvalue weighted by atomic mass is 9.91. The molecule has 1 saturated heterocycles. The van der Waals surface area contributed by atoms with Crippen LogP contribution in [-0.2, 0) is 22.2 Å². The number of pyridine rings is 1. The van der Waals surface area contributed by atoms with E-state index in [0.717, 1.165) is 28.8 Å². The number of cyclic esters (lactones) is 1. The van der Waals surface area contributed by atoms with Gasteiger partial charge in [0.25, 0.3) is 0 Å². The molecule has 2 heterocycles. The summed E-state index contributed by atoms with van der Waals surface area (Å²) in [4.78, 5) is 30.4. The topological polar surface area (TPSA) is 78.0 Å². The Kier molecular flexibility index (Phi) is 8.56. The molecule has 0 radical (unpaired) electrons. The second kappa shape index (κ2) is 12.2. The first-order chi connectivity index (χ1) is 20.9. The Labute approximate surface area is 257 Å². The van der Waals surface area contributed by atoms with Gasteiger partial charge in [-0.25, -0.2) is 14.6 Å². The van der Waals surface area contributed by atoms with Crippen molar-refractivity contribution in [3.05, 3.63) is 106 Å². The van der Waals surface area contributed by atoms with Gasteiger partial charge in [0, 0.05) is 11.8 Å². The Bertz CT molecular complexity index is 1740. The van der Waals surface area contributed by atoms with E-state index in [0.29, 0.717) is 28.0 Å². The number of nitrogens with zero attached hydrogens (tertiary/aromatic N) is 2. The van der Waals surface area contributed by atoms with E-state index < -0.39 is 35.9 Å². The molecule has 1 aromatic heterocycles. The Morgan fingerprint density at radius 2 is 1.75 bits per heavy atom. The molecular formula is C33H28ClF3N2O5. The van der Waals surface area contributed by atoms with Crippen LogP contribution in [0, 0.1) is 6.92 Å². The van der Waals surface area contributed by atoms with Crippen LogP contribution < -0.4 is 4.74 Å². The molecule has 2 unspecified atom stereocenters. The summed E-state index contributed by atoms with van der Waals surface area (Å²) in [6.07, 6.45) is -4.46. The van der Waals surface area contributed by atoms with Crippen LogP contribution in [0.1, 0.15) is 45.6 Å². The number of benzene rings is 3. The van der Waals surface area contributed by atoms with Crippen molar-refractivity contribution in [2.45, 2.75) is 38.7 Å². The summed E-state index contributed by atoms with van der Waals surface area (Å²) in [7, 11) is 2.78. The number of ether oxygens (including phenoxy) is 3. The molecule has 1 fully saturated rings. The minimum Gasteiger partial charge on any atom is -0.496 e. The number of carbonyl (C=O) groups excluding carboxylic acids is 2. The standard InChI is InChI=1S/C33H28ClF3N2O5/c1-18-13-22(31(40)43-4)5-8-25(18)20-6-10-28(42-3)27(15-20)26-9-7-24(33(35,36)37)14-23(26)17-39-19(2)30(44-32(39)41)21-11-12-38-29(34)16-21/h5-16,19,30H,17H2,1-4H3. The molecule has 4 aromatic rings. The molecule has 1 amide bonds. The van der Waals surface area contributed by atoms with Crippen LogP contribution in [0.5, 0.6) is 5.75 Å². The van der Waals surface area contributed by atoms with Gasteiger partial charge < -0.3 is 14.2 Å². The number of halogens is 4. The van der Waals surface area contributed by atoms with Gasteiger partial charge in [-0.3, -0.25) is 4.90 Å². The largest absolute Gasteiger partial charge is 0.496 e. The van der Waals surface area contributed by atoms with E-state index in [1.54, 1.807) is 43.3 Å². The van der Waals surface area contributed by atoms with Crippen molar-refractivity contribution in [3.63, 3.8) is 0 Å². The number of hydrogen-bond donors (Lipinski definition) is 0. The highest BCUT2D eigenvalue weighted by Gasteiger charge is 2.40. The van der Waals surface area contributed by atoms with Crippen LogP contribution in [0.2, 0.25) is 5.15 Å². The van der Waals surface area contributed by atoms with Crippen molar-refractivity contribution >= 4 is 23.7 Å². The van der Waals surface area contributed by atoms with E-state index in [1.807, 2.05) is 19.1 Å². The van der Waals surface area contributed by atoms with Gasteiger partial charge in [-0.1, -0.05) is 29.8 Å². The third-order valence-electron chi connectivity index (χ3n) is 7.69. The molecule has 0 saturated carbocycles. The van der Waals surface area contributed by atoms with Crippen LogP contribution >= 0.6 is 11.6 Å². The number of amides is 1. The summed E-state index contributed by atoms with van der Waals surface area (Å²) >= 11 is 6.04. The number of esters is 1. The Morgan fingerprint density at radius 3 is 2.41 bits per heavy atom. The summed E-state index contributed by atoms with van der Waals surface area (Å²) in [6.45, 7) is 3.45. The maximum atomic E-state index is 13.9. The Hall–Kier alpha value is -4.57. The van der Waals surface area contributed by atoms with E-state index in [4.69, 9.17) is 25.8 Å². The monoisotopic (exact) mass is 624 g/mol. The maximum Gasteiger partial charge on any atom is 0.416 e. The predicted octanol–water partition coefficient (Wildman–Crippen LogP) is 8.27. The van der Waals surface area contributed by atoms with Gasteiger partial charge in [0.1, 0.15) is 17.0 Å².